The molecule has 1 aliphatic rings. The summed E-state index contributed by atoms with van der Waals surface area (Å²) in [6.07, 6.45) is 1.85. The highest BCUT2D eigenvalue weighted by Crippen LogP contribution is 2.30. The molecular weight excluding hydrogens is 340 g/mol. The summed E-state index contributed by atoms with van der Waals surface area (Å²) >= 11 is 0. The van der Waals surface area contributed by atoms with Gasteiger partial charge in [0.15, 0.2) is 0 Å². The molecule has 3 rings (SSSR count). The number of hydrogen-bond acceptors (Lipinski definition) is 6. The smallest absolute Gasteiger partial charge is 0.146 e. The number of aromatic hydroxyl groups is 1. The van der Waals surface area contributed by atoms with Gasteiger partial charge in [-0.1, -0.05) is 12.1 Å². The van der Waals surface area contributed by atoms with Crippen molar-refractivity contribution >= 4 is 11.4 Å². The standard InChI is InChI=1S/C21H28N4O2/c1-24-12-14-25(15-13-24)11-5-6-17-16-18(9-10-20(17)26)22-23-19-7-3-4-8-21(19)27-2/h3-4,7-10,16,26H,5-6,11-15H2,1-2H3. The second-order valence-corrected chi connectivity index (χ2v) is 6.93. The van der Waals surface area contributed by atoms with E-state index in [1.807, 2.05) is 30.3 Å². The summed E-state index contributed by atoms with van der Waals surface area (Å²) in [6, 6.07) is 12.9. The maximum atomic E-state index is 10.2. The SMILES string of the molecule is COc1ccccc1N=Nc1ccc(O)c(CCCN2CCN(C)CC2)c1. The number of hydrogen-bond donors (Lipinski definition) is 1. The molecule has 1 heterocycles. The minimum Gasteiger partial charge on any atom is -0.508 e. The molecule has 2 aromatic carbocycles. The zero-order valence-electron chi connectivity index (χ0n) is 16.1. The number of para-hydroxylation sites is 1. The molecule has 1 saturated heterocycles. The zero-order chi connectivity index (χ0) is 19.1. The third-order valence-electron chi connectivity index (χ3n) is 4.94. The number of piperazine rings is 1. The molecule has 0 spiro atoms. The minimum absolute atomic E-state index is 0.324. The van der Waals surface area contributed by atoms with Crippen LogP contribution in [0.25, 0.3) is 0 Å². The normalized spacial score (nSPS) is 16.1. The second-order valence-electron chi connectivity index (χ2n) is 6.93. The predicted octanol–water partition coefficient (Wildman–Crippen LogP) is 4.00. The average molecular weight is 368 g/mol. The van der Waals surface area contributed by atoms with Crippen LogP contribution in [0, 0.1) is 0 Å². The van der Waals surface area contributed by atoms with Gasteiger partial charge in [-0.2, -0.15) is 5.11 Å². The number of benzene rings is 2. The van der Waals surface area contributed by atoms with Gasteiger partial charge in [0.25, 0.3) is 0 Å². The number of phenols is 1. The second kappa shape index (κ2) is 9.48. The van der Waals surface area contributed by atoms with Crippen LogP contribution < -0.4 is 4.74 Å². The predicted molar refractivity (Wildman–Crippen MR) is 108 cm³/mol. The van der Waals surface area contributed by atoms with Gasteiger partial charge in [0.1, 0.15) is 17.2 Å². The number of phenolic OH excluding ortho intramolecular Hbond substituents is 1. The van der Waals surface area contributed by atoms with Crippen LogP contribution in [0.3, 0.4) is 0 Å². The molecule has 0 atom stereocenters. The third kappa shape index (κ3) is 5.52. The number of azo groups is 1. The topological polar surface area (TPSA) is 60.7 Å². The van der Waals surface area contributed by atoms with Crippen molar-refractivity contribution in [1.82, 2.24) is 9.80 Å². The molecular formula is C21H28N4O2. The van der Waals surface area contributed by atoms with Gasteiger partial charge in [-0.3, -0.25) is 0 Å². The third-order valence-corrected chi connectivity index (χ3v) is 4.94. The lowest BCUT2D eigenvalue weighted by Gasteiger charge is -2.32. The molecule has 0 amide bonds. The number of nitrogens with zero attached hydrogens (tertiary/aromatic N) is 4. The van der Waals surface area contributed by atoms with Gasteiger partial charge < -0.3 is 19.6 Å². The quantitative estimate of drug-likeness (QED) is 0.751. The van der Waals surface area contributed by atoms with Crippen molar-refractivity contribution in [2.24, 2.45) is 10.2 Å². The molecule has 0 radical (unpaired) electrons. The van der Waals surface area contributed by atoms with Crippen molar-refractivity contribution in [3.8, 4) is 11.5 Å². The van der Waals surface area contributed by atoms with Gasteiger partial charge in [-0.25, -0.2) is 0 Å². The van der Waals surface area contributed by atoms with Gasteiger partial charge in [0.05, 0.1) is 12.8 Å². The van der Waals surface area contributed by atoms with Gasteiger partial charge >= 0.3 is 0 Å². The first-order chi connectivity index (χ1) is 13.2. The van der Waals surface area contributed by atoms with Gasteiger partial charge in [0, 0.05) is 26.2 Å². The Morgan fingerprint density at radius 2 is 1.81 bits per heavy atom. The molecule has 1 fully saturated rings. The van der Waals surface area contributed by atoms with Crippen LogP contribution in [0.4, 0.5) is 11.4 Å². The largest absolute Gasteiger partial charge is 0.508 e. The molecule has 2 aromatic rings. The fourth-order valence-electron chi connectivity index (χ4n) is 3.22. The van der Waals surface area contributed by atoms with Crippen molar-refractivity contribution < 1.29 is 9.84 Å². The van der Waals surface area contributed by atoms with Crippen molar-refractivity contribution in [1.29, 1.82) is 0 Å². The fourth-order valence-corrected chi connectivity index (χ4v) is 3.22. The highest BCUT2D eigenvalue weighted by Gasteiger charge is 2.13. The molecule has 1 aliphatic heterocycles. The molecule has 0 aromatic heterocycles. The van der Waals surface area contributed by atoms with Gasteiger partial charge in [-0.05, 0) is 62.3 Å². The average Bonchev–Trinajstić information content (AvgIpc) is 2.70. The van der Waals surface area contributed by atoms with Crippen LogP contribution in [-0.2, 0) is 6.42 Å². The summed E-state index contributed by atoms with van der Waals surface area (Å²) in [6.45, 7) is 5.56. The lowest BCUT2D eigenvalue weighted by Crippen LogP contribution is -2.44. The lowest BCUT2D eigenvalue weighted by atomic mass is 10.1. The van der Waals surface area contributed by atoms with Crippen molar-refractivity contribution in [2.45, 2.75) is 12.8 Å². The summed E-state index contributed by atoms with van der Waals surface area (Å²) < 4.78 is 5.29. The monoisotopic (exact) mass is 368 g/mol. The molecule has 0 saturated carbocycles. The van der Waals surface area contributed by atoms with Gasteiger partial charge in [0.2, 0.25) is 0 Å². The maximum absolute atomic E-state index is 10.2. The summed E-state index contributed by atoms with van der Waals surface area (Å²) in [5.41, 5.74) is 2.33. The highest BCUT2D eigenvalue weighted by atomic mass is 16.5. The number of methoxy groups -OCH3 is 1. The molecule has 6 nitrogen and oxygen atoms in total. The maximum Gasteiger partial charge on any atom is 0.146 e. The Hall–Kier alpha value is -2.44. The van der Waals surface area contributed by atoms with E-state index in [2.05, 4.69) is 27.1 Å². The minimum atomic E-state index is 0.324. The fraction of sp³-hybridized carbons (Fsp3) is 0.429. The van der Waals surface area contributed by atoms with E-state index in [9.17, 15) is 5.11 Å². The van der Waals surface area contributed by atoms with Crippen LogP contribution in [0.1, 0.15) is 12.0 Å². The zero-order valence-corrected chi connectivity index (χ0v) is 16.1. The summed E-state index contributed by atoms with van der Waals surface area (Å²) in [7, 11) is 3.79. The van der Waals surface area contributed by atoms with E-state index in [0.29, 0.717) is 17.2 Å². The first-order valence-corrected chi connectivity index (χ1v) is 9.43. The molecule has 0 aliphatic carbocycles. The number of rotatable bonds is 7. The summed E-state index contributed by atoms with van der Waals surface area (Å²) in [4.78, 5) is 4.85. The Morgan fingerprint density at radius 3 is 2.59 bits per heavy atom. The first-order valence-electron chi connectivity index (χ1n) is 9.43. The molecule has 6 heteroatoms. The Labute approximate surface area is 161 Å². The van der Waals surface area contributed by atoms with E-state index in [4.69, 9.17) is 4.74 Å². The first kappa shape index (κ1) is 19.3. The van der Waals surface area contributed by atoms with Crippen LogP contribution in [0.15, 0.2) is 52.7 Å². The van der Waals surface area contributed by atoms with Crippen LogP contribution in [0.2, 0.25) is 0 Å². The Kier molecular flexibility index (Phi) is 6.79. The Morgan fingerprint density at radius 1 is 1.04 bits per heavy atom. The van der Waals surface area contributed by atoms with E-state index < -0.39 is 0 Å². The van der Waals surface area contributed by atoms with E-state index in [1.54, 1.807) is 19.2 Å². The lowest BCUT2D eigenvalue weighted by molar-refractivity contribution is 0.153. The van der Waals surface area contributed by atoms with E-state index in [0.717, 1.165) is 56.8 Å². The van der Waals surface area contributed by atoms with Crippen LogP contribution >= 0.6 is 0 Å². The highest BCUT2D eigenvalue weighted by molar-refractivity contribution is 5.52. The molecule has 27 heavy (non-hydrogen) atoms. The van der Waals surface area contributed by atoms with Crippen molar-refractivity contribution in [3.63, 3.8) is 0 Å². The molecule has 144 valence electrons. The van der Waals surface area contributed by atoms with Crippen LogP contribution in [0.5, 0.6) is 11.5 Å². The Balaban J connectivity index is 1.59. The summed E-state index contributed by atoms with van der Waals surface area (Å²) in [5, 5.41) is 18.8. The number of aryl methyl sites for hydroxylation is 1. The van der Waals surface area contributed by atoms with E-state index in [1.165, 1.54) is 0 Å². The molecule has 0 bridgehead atoms. The van der Waals surface area contributed by atoms with E-state index >= 15 is 0 Å². The van der Waals surface area contributed by atoms with Crippen molar-refractivity contribution in [3.05, 3.63) is 48.0 Å². The van der Waals surface area contributed by atoms with E-state index in [-0.39, 0.29) is 0 Å². The number of ether oxygens (including phenoxy) is 1. The molecule has 1 N–H and O–H groups in total. The molecule has 0 unspecified atom stereocenters. The van der Waals surface area contributed by atoms with Gasteiger partial charge in [-0.15, -0.1) is 5.11 Å². The number of likely N-dealkylation sites (N-methyl/N-ethyl adjacent to an activating group) is 1. The van der Waals surface area contributed by atoms with Crippen molar-refractivity contribution in [2.75, 3.05) is 46.9 Å². The van der Waals surface area contributed by atoms with Crippen LogP contribution in [-0.4, -0.2) is 61.8 Å². The Bertz CT molecular complexity index is 771. The summed E-state index contributed by atoms with van der Waals surface area (Å²) in [5.74, 6) is 1.01.